The van der Waals surface area contributed by atoms with Crippen LogP contribution in [0.15, 0.2) is 36.5 Å². The van der Waals surface area contributed by atoms with Crippen molar-refractivity contribution in [2.24, 2.45) is 0 Å². The number of amides is 1. The topological polar surface area (TPSA) is 65.5 Å². The van der Waals surface area contributed by atoms with Crippen molar-refractivity contribution in [3.05, 3.63) is 53.2 Å². The van der Waals surface area contributed by atoms with Gasteiger partial charge in [0.2, 0.25) is 5.92 Å². The van der Waals surface area contributed by atoms with Crippen LogP contribution in [0.25, 0.3) is 0 Å². The van der Waals surface area contributed by atoms with Crippen molar-refractivity contribution >= 4 is 30.0 Å². The van der Waals surface area contributed by atoms with Crippen molar-refractivity contribution in [1.82, 2.24) is 4.98 Å². The Labute approximate surface area is 187 Å². The van der Waals surface area contributed by atoms with Crippen LogP contribution in [0.5, 0.6) is 0 Å². The maximum absolute atomic E-state index is 13.8. The number of carbonyl (C=O) groups excluding carboxylic acids is 1. The minimum atomic E-state index is -2.71. The number of hydrogen-bond acceptors (Lipinski definition) is 5. The monoisotopic (exact) mass is 447 g/mol. The second-order valence-electron chi connectivity index (χ2n) is 6.97. The summed E-state index contributed by atoms with van der Waals surface area (Å²) in [5.74, 6) is 2.66. The number of anilines is 2. The minimum Gasteiger partial charge on any atom is -0.384 e. The van der Waals surface area contributed by atoms with Crippen LogP contribution in [0.4, 0.5) is 20.3 Å². The fourth-order valence-electron chi connectivity index (χ4n) is 3.35. The molecule has 1 aromatic heterocycles. The number of pyridine rings is 1. The van der Waals surface area contributed by atoms with Crippen LogP contribution in [-0.4, -0.2) is 47.9 Å². The molecule has 8 heteroatoms. The lowest BCUT2D eigenvalue weighted by Gasteiger charge is -2.25. The second kappa shape index (κ2) is 11.7. The third-order valence-electron chi connectivity index (χ3n) is 4.90. The zero-order chi connectivity index (χ0) is 22.9. The number of halogens is 2. The van der Waals surface area contributed by atoms with Gasteiger partial charge < -0.3 is 15.3 Å². The molecule has 0 bridgehead atoms. The Balaban J connectivity index is 0.00000166. The summed E-state index contributed by atoms with van der Waals surface area (Å²) in [5, 5.41) is 11.8. The zero-order valence-electron chi connectivity index (χ0n) is 17.7. The number of thiol groups is 1. The van der Waals surface area contributed by atoms with Gasteiger partial charge in [-0.25, -0.2) is 13.8 Å². The number of para-hydroxylation sites is 1. The molecule has 0 radical (unpaired) electrons. The molecule has 1 amide bonds. The molecular weight excluding hydrogens is 420 g/mol. The molecule has 1 fully saturated rings. The molecule has 1 saturated heterocycles. The average Bonchev–Trinajstić information content (AvgIpc) is 2.95. The standard InChI is InChI=1S/C22H23F2N3O2.CH4S/c1-16-17(7-5-14-28)15-25-20(27-12-6-10-22(23,24)11-13-27)19(16)21(29)26-18-8-3-2-4-9-18;1-2/h2-4,8-9,15,28H,6,10-14H2,1H3,(H,26,29);2H,1H3. The highest BCUT2D eigenvalue weighted by Crippen LogP contribution is 2.32. The van der Waals surface area contributed by atoms with E-state index in [9.17, 15) is 13.6 Å². The molecule has 0 unspecified atom stereocenters. The van der Waals surface area contributed by atoms with Crippen molar-refractivity contribution in [3.8, 4) is 11.8 Å². The molecule has 1 aliphatic rings. The summed E-state index contributed by atoms with van der Waals surface area (Å²) in [5.41, 5.74) is 2.04. The van der Waals surface area contributed by atoms with Crippen LogP contribution in [0.3, 0.4) is 0 Å². The van der Waals surface area contributed by atoms with Gasteiger partial charge in [0.15, 0.2) is 0 Å². The van der Waals surface area contributed by atoms with Gasteiger partial charge in [0.25, 0.3) is 5.91 Å². The number of aliphatic hydroxyl groups is 1. The molecule has 0 spiro atoms. The first-order chi connectivity index (χ1) is 14.9. The van der Waals surface area contributed by atoms with E-state index < -0.39 is 5.92 Å². The molecule has 31 heavy (non-hydrogen) atoms. The molecular formula is C23H27F2N3O2S. The highest BCUT2D eigenvalue weighted by molar-refractivity contribution is 7.79. The van der Waals surface area contributed by atoms with Gasteiger partial charge in [-0.1, -0.05) is 30.0 Å². The van der Waals surface area contributed by atoms with Crippen LogP contribution >= 0.6 is 12.6 Å². The lowest BCUT2D eigenvalue weighted by atomic mass is 10.0. The van der Waals surface area contributed by atoms with E-state index in [0.29, 0.717) is 41.2 Å². The van der Waals surface area contributed by atoms with Crippen molar-refractivity contribution < 1.29 is 18.7 Å². The van der Waals surface area contributed by atoms with Gasteiger partial charge in [0.05, 0.1) is 5.56 Å². The highest BCUT2D eigenvalue weighted by atomic mass is 32.1. The quantitative estimate of drug-likeness (QED) is 0.488. The molecule has 2 N–H and O–H groups in total. The molecule has 5 nitrogen and oxygen atoms in total. The number of nitrogens with one attached hydrogen (secondary N) is 1. The molecule has 1 aromatic carbocycles. The fraction of sp³-hybridized carbons (Fsp3) is 0.391. The van der Waals surface area contributed by atoms with Crippen LogP contribution in [0.1, 0.15) is 40.7 Å². The Morgan fingerprint density at radius 1 is 1.26 bits per heavy atom. The molecule has 2 heterocycles. The van der Waals surface area contributed by atoms with Gasteiger partial charge in [-0.05, 0) is 37.3 Å². The Morgan fingerprint density at radius 3 is 2.65 bits per heavy atom. The Morgan fingerprint density at radius 2 is 1.97 bits per heavy atom. The average molecular weight is 448 g/mol. The summed E-state index contributed by atoms with van der Waals surface area (Å²) in [4.78, 5) is 19.3. The van der Waals surface area contributed by atoms with Crippen LogP contribution in [0.2, 0.25) is 0 Å². The van der Waals surface area contributed by atoms with Crippen LogP contribution in [-0.2, 0) is 0 Å². The molecule has 3 rings (SSSR count). The van der Waals surface area contributed by atoms with E-state index in [1.54, 1.807) is 30.2 Å². The molecule has 0 atom stereocenters. The summed E-state index contributed by atoms with van der Waals surface area (Å²) in [6.45, 7) is 1.95. The third-order valence-corrected chi connectivity index (χ3v) is 4.90. The number of aliphatic hydroxyl groups excluding tert-OH is 1. The summed E-state index contributed by atoms with van der Waals surface area (Å²) in [6.07, 6.45) is 3.09. The summed E-state index contributed by atoms with van der Waals surface area (Å²) < 4.78 is 27.6. The predicted molar refractivity (Wildman–Crippen MR) is 123 cm³/mol. The largest absolute Gasteiger partial charge is 0.384 e. The summed E-state index contributed by atoms with van der Waals surface area (Å²) >= 11 is 3.53. The molecule has 0 aliphatic carbocycles. The first kappa shape index (κ1) is 24.6. The number of alkyl halides is 2. The third kappa shape index (κ3) is 6.68. The minimum absolute atomic E-state index is 0.118. The van der Waals surface area contributed by atoms with E-state index in [0.717, 1.165) is 0 Å². The van der Waals surface area contributed by atoms with Gasteiger partial charge in [0.1, 0.15) is 12.4 Å². The number of benzene rings is 1. The maximum Gasteiger partial charge on any atom is 0.259 e. The predicted octanol–water partition coefficient (Wildman–Crippen LogP) is 4.16. The van der Waals surface area contributed by atoms with Crippen molar-refractivity contribution in [2.75, 3.05) is 36.2 Å². The number of carbonyl (C=O) groups is 1. The van der Waals surface area contributed by atoms with E-state index in [4.69, 9.17) is 5.11 Å². The van der Waals surface area contributed by atoms with Crippen molar-refractivity contribution in [2.45, 2.75) is 32.1 Å². The van der Waals surface area contributed by atoms with Crippen molar-refractivity contribution in [1.29, 1.82) is 0 Å². The first-order valence-corrected chi connectivity index (χ1v) is 10.8. The smallest absolute Gasteiger partial charge is 0.259 e. The number of rotatable bonds is 3. The van der Waals surface area contributed by atoms with E-state index in [2.05, 4.69) is 34.8 Å². The lowest BCUT2D eigenvalue weighted by molar-refractivity contribution is -0.0102. The van der Waals surface area contributed by atoms with Crippen molar-refractivity contribution in [3.63, 3.8) is 0 Å². The first-order valence-electron chi connectivity index (χ1n) is 9.94. The Bertz CT molecular complexity index is 943. The summed E-state index contributed by atoms with van der Waals surface area (Å²) in [6, 6.07) is 8.99. The molecule has 2 aromatic rings. The van der Waals surface area contributed by atoms with Gasteiger partial charge in [-0.2, -0.15) is 12.6 Å². The van der Waals surface area contributed by atoms with E-state index in [1.165, 1.54) is 6.20 Å². The van der Waals surface area contributed by atoms with E-state index in [-0.39, 0.29) is 31.9 Å². The SMILES string of the molecule is CS.Cc1c(C#CCO)cnc(N2CCCC(F)(F)CC2)c1C(=O)Nc1ccccc1. The Hall–Kier alpha value is -2.63. The molecule has 166 valence electrons. The Kier molecular flexibility index (Phi) is 9.28. The zero-order valence-corrected chi connectivity index (χ0v) is 18.6. The molecule has 0 saturated carbocycles. The number of aromatic nitrogens is 1. The lowest BCUT2D eigenvalue weighted by Crippen LogP contribution is -2.30. The number of hydrogen-bond donors (Lipinski definition) is 3. The normalized spacial score (nSPS) is 15.0. The van der Waals surface area contributed by atoms with E-state index >= 15 is 0 Å². The highest BCUT2D eigenvalue weighted by Gasteiger charge is 2.33. The van der Waals surface area contributed by atoms with Crippen LogP contribution < -0.4 is 10.2 Å². The van der Waals surface area contributed by atoms with Gasteiger partial charge in [0, 0.05) is 43.4 Å². The van der Waals surface area contributed by atoms with E-state index in [1.807, 2.05) is 18.2 Å². The molecule has 1 aliphatic heterocycles. The fourth-order valence-corrected chi connectivity index (χ4v) is 3.35. The van der Waals surface area contributed by atoms with Gasteiger partial charge >= 0.3 is 0 Å². The van der Waals surface area contributed by atoms with Gasteiger partial charge in [-0.15, -0.1) is 0 Å². The summed E-state index contributed by atoms with van der Waals surface area (Å²) in [7, 11) is 0. The maximum atomic E-state index is 13.8. The number of nitrogens with zero attached hydrogens (tertiary/aromatic N) is 2. The second-order valence-corrected chi connectivity index (χ2v) is 6.97. The van der Waals surface area contributed by atoms with Crippen LogP contribution in [0, 0.1) is 18.8 Å². The van der Waals surface area contributed by atoms with Gasteiger partial charge in [-0.3, -0.25) is 4.79 Å².